The van der Waals surface area contributed by atoms with Crippen LogP contribution in [0.1, 0.15) is 58.8 Å². The van der Waals surface area contributed by atoms with Gasteiger partial charge in [-0.2, -0.15) is 13.2 Å². The van der Waals surface area contributed by atoms with E-state index < -0.39 is 23.2 Å². The second kappa shape index (κ2) is 8.86. The zero-order valence-electron chi connectivity index (χ0n) is 19.4. The molecule has 5 rings (SSSR count). The van der Waals surface area contributed by atoms with Crippen molar-refractivity contribution in [2.75, 3.05) is 37.6 Å². The maximum atomic E-state index is 13.9. The second-order valence-electron chi connectivity index (χ2n) is 9.68. The summed E-state index contributed by atoms with van der Waals surface area (Å²) in [6.07, 6.45) is -1.16. The van der Waals surface area contributed by atoms with Gasteiger partial charge in [0, 0.05) is 38.4 Å². The number of benzene rings is 2. The Kier molecular flexibility index (Phi) is 5.99. The molecule has 2 aliphatic heterocycles. The number of piperazine rings is 1. The molecule has 9 heteroatoms. The van der Waals surface area contributed by atoms with Crippen LogP contribution in [0, 0.1) is 0 Å². The van der Waals surface area contributed by atoms with Crippen molar-refractivity contribution in [1.29, 1.82) is 0 Å². The van der Waals surface area contributed by atoms with Gasteiger partial charge in [-0.25, -0.2) is 0 Å². The van der Waals surface area contributed by atoms with Crippen LogP contribution in [0.15, 0.2) is 42.5 Å². The van der Waals surface area contributed by atoms with Gasteiger partial charge in [0.1, 0.15) is 0 Å². The van der Waals surface area contributed by atoms with Crippen molar-refractivity contribution < 1.29 is 22.8 Å². The monoisotopic (exact) mass is 486 g/mol. The number of anilines is 1. The molecule has 1 saturated carbocycles. The fraction of sp³-hybridized carbons (Fsp3) is 0.462. The molecule has 3 N–H and O–H groups in total. The molecule has 1 atom stereocenters. The fourth-order valence-electron chi connectivity index (χ4n) is 5.46. The molecule has 0 aromatic heterocycles. The number of nitrogens with one attached hydrogen (secondary N) is 1. The van der Waals surface area contributed by atoms with E-state index in [1.54, 1.807) is 23.1 Å². The maximum absolute atomic E-state index is 13.9. The van der Waals surface area contributed by atoms with Gasteiger partial charge in [0.25, 0.3) is 5.91 Å². The van der Waals surface area contributed by atoms with Gasteiger partial charge in [0.2, 0.25) is 5.91 Å². The van der Waals surface area contributed by atoms with Crippen molar-refractivity contribution in [1.82, 2.24) is 10.2 Å². The molecule has 3 aliphatic rings. The number of carbonyl (C=O) groups is 2. The Balaban J connectivity index is 1.54. The Morgan fingerprint density at radius 1 is 1.03 bits per heavy atom. The van der Waals surface area contributed by atoms with Crippen molar-refractivity contribution in [2.24, 2.45) is 5.73 Å². The van der Waals surface area contributed by atoms with Gasteiger partial charge in [-0.15, -0.1) is 0 Å². The summed E-state index contributed by atoms with van der Waals surface area (Å²) < 4.78 is 41.3. The van der Waals surface area contributed by atoms with E-state index >= 15 is 0 Å². The standard InChI is InChI=1S/C26H29F3N4O2/c27-26(28,29)20-6-2-1-5-18(20)22-16-31-11-14-33(22)23(34)19-8-7-17(25(9-10-25)24(30)35)15-21(19)32-12-3-4-13-32/h1-2,5-8,15,22,31H,3-4,9-14,16H2,(H2,30,35). The Labute approximate surface area is 202 Å². The lowest BCUT2D eigenvalue weighted by Gasteiger charge is -2.38. The smallest absolute Gasteiger partial charge is 0.371 e. The van der Waals surface area contributed by atoms with Gasteiger partial charge in [0.05, 0.1) is 22.6 Å². The highest BCUT2D eigenvalue weighted by Crippen LogP contribution is 2.49. The first kappa shape index (κ1) is 23.7. The molecule has 2 saturated heterocycles. The molecular formula is C26H29F3N4O2. The zero-order chi connectivity index (χ0) is 24.8. The molecule has 0 spiro atoms. The number of alkyl halides is 3. The SMILES string of the molecule is NC(=O)C1(c2ccc(C(=O)N3CCNCC3c3ccccc3C(F)(F)F)c(N3CCCC3)c2)CC1. The molecule has 1 aliphatic carbocycles. The van der Waals surface area contributed by atoms with Gasteiger partial charge in [-0.05, 0) is 55.0 Å². The van der Waals surface area contributed by atoms with Crippen molar-refractivity contribution in [3.8, 4) is 0 Å². The molecule has 35 heavy (non-hydrogen) atoms. The molecule has 2 aromatic rings. The zero-order valence-corrected chi connectivity index (χ0v) is 19.4. The summed E-state index contributed by atoms with van der Waals surface area (Å²) in [5, 5.41) is 3.14. The maximum Gasteiger partial charge on any atom is 0.416 e. The lowest BCUT2D eigenvalue weighted by Crippen LogP contribution is -2.49. The lowest BCUT2D eigenvalue weighted by molar-refractivity contribution is -0.138. The predicted octanol–water partition coefficient (Wildman–Crippen LogP) is 3.61. The summed E-state index contributed by atoms with van der Waals surface area (Å²) in [7, 11) is 0. The fourth-order valence-corrected chi connectivity index (χ4v) is 5.46. The highest BCUT2D eigenvalue weighted by Gasteiger charge is 2.50. The van der Waals surface area contributed by atoms with Gasteiger partial charge in [-0.3, -0.25) is 9.59 Å². The number of halogens is 3. The topological polar surface area (TPSA) is 78.7 Å². The van der Waals surface area contributed by atoms with Crippen molar-refractivity contribution in [2.45, 2.75) is 43.3 Å². The first-order valence-electron chi connectivity index (χ1n) is 12.1. The Morgan fingerprint density at radius 2 is 1.74 bits per heavy atom. The van der Waals surface area contributed by atoms with E-state index in [1.165, 1.54) is 12.1 Å². The van der Waals surface area contributed by atoms with Gasteiger partial charge >= 0.3 is 6.18 Å². The number of nitrogens with two attached hydrogens (primary N) is 1. The lowest BCUT2D eigenvalue weighted by atomic mass is 9.92. The number of primary amides is 1. The highest BCUT2D eigenvalue weighted by molar-refractivity contribution is 6.01. The molecule has 2 aromatic carbocycles. The summed E-state index contributed by atoms with van der Waals surface area (Å²) in [6.45, 7) is 2.60. The number of rotatable bonds is 5. The van der Waals surface area contributed by atoms with Crippen LogP contribution < -0.4 is 16.0 Å². The average Bonchev–Trinajstić information content (AvgIpc) is 3.50. The third-order valence-electron chi connectivity index (χ3n) is 7.58. The molecule has 1 unspecified atom stereocenters. The van der Waals surface area contributed by atoms with Crippen LogP contribution in [0.4, 0.5) is 18.9 Å². The number of nitrogens with zero attached hydrogens (tertiary/aromatic N) is 2. The molecule has 6 nitrogen and oxygen atoms in total. The van der Waals surface area contributed by atoms with E-state index in [2.05, 4.69) is 10.2 Å². The van der Waals surface area contributed by atoms with Crippen molar-refractivity contribution >= 4 is 17.5 Å². The molecule has 2 amide bonds. The number of amides is 2. The molecule has 3 fully saturated rings. The molecule has 186 valence electrons. The van der Waals surface area contributed by atoms with Gasteiger partial charge in [0.15, 0.2) is 0 Å². The molecular weight excluding hydrogens is 457 g/mol. The highest BCUT2D eigenvalue weighted by atomic mass is 19.4. The largest absolute Gasteiger partial charge is 0.416 e. The van der Waals surface area contributed by atoms with Crippen LogP contribution in [-0.2, 0) is 16.4 Å². The summed E-state index contributed by atoms with van der Waals surface area (Å²) in [6, 6.07) is 10.1. The molecule has 0 bridgehead atoms. The summed E-state index contributed by atoms with van der Waals surface area (Å²) in [5.41, 5.74) is 6.37. The minimum Gasteiger partial charge on any atom is -0.371 e. The van der Waals surface area contributed by atoms with Crippen LogP contribution in [-0.4, -0.2) is 49.4 Å². The van der Waals surface area contributed by atoms with Crippen LogP contribution in [0.2, 0.25) is 0 Å². The van der Waals surface area contributed by atoms with Gasteiger partial charge in [-0.1, -0.05) is 24.3 Å². The van der Waals surface area contributed by atoms with Crippen molar-refractivity contribution in [3.63, 3.8) is 0 Å². The number of carbonyl (C=O) groups excluding carboxylic acids is 2. The summed E-state index contributed by atoms with van der Waals surface area (Å²) in [5.74, 6) is -0.666. The Bertz CT molecular complexity index is 1140. The van der Waals surface area contributed by atoms with E-state index in [4.69, 9.17) is 5.73 Å². The van der Waals surface area contributed by atoms with E-state index in [-0.39, 0.29) is 23.9 Å². The van der Waals surface area contributed by atoms with E-state index in [0.29, 0.717) is 31.5 Å². The van der Waals surface area contributed by atoms with E-state index in [9.17, 15) is 22.8 Å². The minimum atomic E-state index is -4.52. The summed E-state index contributed by atoms with van der Waals surface area (Å²) >= 11 is 0. The van der Waals surface area contributed by atoms with Crippen LogP contribution in [0.25, 0.3) is 0 Å². The third-order valence-corrected chi connectivity index (χ3v) is 7.58. The predicted molar refractivity (Wildman–Crippen MR) is 126 cm³/mol. The second-order valence-corrected chi connectivity index (χ2v) is 9.68. The van der Waals surface area contributed by atoms with Crippen LogP contribution >= 0.6 is 0 Å². The first-order chi connectivity index (χ1) is 16.7. The van der Waals surface area contributed by atoms with Crippen LogP contribution in [0.5, 0.6) is 0 Å². The summed E-state index contributed by atoms with van der Waals surface area (Å²) in [4.78, 5) is 29.7. The average molecular weight is 487 g/mol. The molecule has 0 radical (unpaired) electrons. The van der Waals surface area contributed by atoms with E-state index in [1.807, 2.05) is 6.07 Å². The quantitative estimate of drug-likeness (QED) is 0.677. The van der Waals surface area contributed by atoms with E-state index in [0.717, 1.165) is 43.2 Å². The Morgan fingerprint density at radius 3 is 2.40 bits per heavy atom. The third kappa shape index (κ3) is 4.26. The normalized spacial score (nSPS) is 21.7. The number of hydrogen-bond donors (Lipinski definition) is 2. The minimum absolute atomic E-state index is 0.0885. The first-order valence-corrected chi connectivity index (χ1v) is 12.1. The Hall–Kier alpha value is -3.07. The number of hydrogen-bond acceptors (Lipinski definition) is 4. The van der Waals surface area contributed by atoms with Crippen LogP contribution in [0.3, 0.4) is 0 Å². The van der Waals surface area contributed by atoms with Gasteiger partial charge < -0.3 is 20.9 Å². The molecule has 2 heterocycles. The van der Waals surface area contributed by atoms with Crippen molar-refractivity contribution in [3.05, 3.63) is 64.7 Å².